The number of fused-ring (bicyclic) bond motifs is 1. The zero-order valence-electron chi connectivity index (χ0n) is 13.7. The van der Waals surface area contributed by atoms with Crippen LogP contribution in [0.2, 0.25) is 0 Å². The molecule has 0 saturated carbocycles. The number of ether oxygens (including phenoxy) is 1. The minimum atomic E-state index is 0.791. The van der Waals surface area contributed by atoms with Crippen LogP contribution in [-0.2, 0) is 6.42 Å². The van der Waals surface area contributed by atoms with Crippen molar-refractivity contribution < 1.29 is 4.74 Å². The Morgan fingerprint density at radius 1 is 1.04 bits per heavy atom. The summed E-state index contributed by atoms with van der Waals surface area (Å²) in [5.41, 5.74) is 4.89. The smallest absolute Gasteiger partial charge is 0.119 e. The van der Waals surface area contributed by atoms with Gasteiger partial charge in [0.25, 0.3) is 0 Å². The molecular weight excluding hydrogens is 282 g/mol. The topological polar surface area (TPSA) is 21.6 Å². The molecule has 2 aromatic carbocycles. The summed E-state index contributed by atoms with van der Waals surface area (Å²) in [6.45, 7) is 3.84. The third kappa shape index (κ3) is 4.10. The Morgan fingerprint density at radius 2 is 1.87 bits per heavy atom. The molecular formula is C21H23NO. The molecule has 0 unspecified atom stereocenters. The summed E-state index contributed by atoms with van der Waals surface area (Å²) >= 11 is 0. The summed E-state index contributed by atoms with van der Waals surface area (Å²) in [7, 11) is 0. The highest BCUT2D eigenvalue weighted by molar-refractivity contribution is 6.12. The molecule has 0 N–H and O–H groups in total. The predicted octanol–water partition coefficient (Wildman–Crippen LogP) is 4.92. The van der Waals surface area contributed by atoms with E-state index in [1.54, 1.807) is 0 Å². The van der Waals surface area contributed by atoms with Gasteiger partial charge in [0, 0.05) is 12.1 Å². The number of benzene rings is 2. The zero-order valence-corrected chi connectivity index (χ0v) is 13.7. The van der Waals surface area contributed by atoms with Crippen molar-refractivity contribution in [3.63, 3.8) is 0 Å². The lowest BCUT2D eigenvalue weighted by Gasteiger charge is -2.14. The van der Waals surface area contributed by atoms with Crippen LogP contribution in [0.1, 0.15) is 36.5 Å². The fourth-order valence-corrected chi connectivity index (χ4v) is 2.70. The second-order valence-electron chi connectivity index (χ2n) is 5.78. The van der Waals surface area contributed by atoms with Gasteiger partial charge in [-0.25, -0.2) is 0 Å². The van der Waals surface area contributed by atoms with Crippen molar-refractivity contribution in [2.45, 2.75) is 26.2 Å². The number of allylic oxidation sites excluding steroid dienone is 1. The van der Waals surface area contributed by atoms with Crippen molar-refractivity contribution in [2.24, 2.45) is 4.99 Å². The Hall–Kier alpha value is -2.35. The monoisotopic (exact) mass is 305 g/mol. The van der Waals surface area contributed by atoms with Crippen molar-refractivity contribution >= 4 is 11.8 Å². The zero-order chi connectivity index (χ0) is 15.9. The van der Waals surface area contributed by atoms with Gasteiger partial charge in [-0.3, -0.25) is 4.99 Å². The van der Waals surface area contributed by atoms with E-state index < -0.39 is 0 Å². The van der Waals surface area contributed by atoms with Gasteiger partial charge in [0.05, 0.1) is 12.3 Å². The van der Waals surface area contributed by atoms with Crippen molar-refractivity contribution in [1.29, 1.82) is 0 Å². The van der Waals surface area contributed by atoms with Gasteiger partial charge in [-0.1, -0.05) is 55.8 Å². The maximum absolute atomic E-state index is 5.69. The van der Waals surface area contributed by atoms with E-state index in [1.807, 2.05) is 12.1 Å². The first kappa shape index (κ1) is 15.5. The number of nitrogens with zero attached hydrogens (tertiary/aromatic N) is 1. The van der Waals surface area contributed by atoms with E-state index in [9.17, 15) is 0 Å². The van der Waals surface area contributed by atoms with Crippen molar-refractivity contribution in [1.82, 2.24) is 0 Å². The number of rotatable bonds is 6. The molecule has 0 radical (unpaired) electrons. The maximum Gasteiger partial charge on any atom is 0.119 e. The van der Waals surface area contributed by atoms with E-state index in [4.69, 9.17) is 4.74 Å². The fraction of sp³-hybridized carbons (Fsp3) is 0.286. The molecule has 0 spiro atoms. The van der Waals surface area contributed by atoms with Crippen LogP contribution in [0.4, 0.5) is 0 Å². The molecule has 1 heterocycles. The lowest BCUT2D eigenvalue weighted by Crippen LogP contribution is -2.10. The molecule has 0 amide bonds. The summed E-state index contributed by atoms with van der Waals surface area (Å²) in [5, 5.41) is 0. The second-order valence-corrected chi connectivity index (χ2v) is 5.78. The van der Waals surface area contributed by atoms with Gasteiger partial charge in [-0.2, -0.15) is 0 Å². The Labute approximate surface area is 138 Å². The first-order chi connectivity index (χ1) is 11.4. The first-order valence-electron chi connectivity index (χ1n) is 8.40. The van der Waals surface area contributed by atoms with Crippen LogP contribution in [0.3, 0.4) is 0 Å². The highest BCUT2D eigenvalue weighted by Gasteiger charge is 2.10. The molecule has 0 aliphatic carbocycles. The number of aliphatic imine (C=N–C) groups is 1. The van der Waals surface area contributed by atoms with E-state index in [1.165, 1.54) is 16.7 Å². The van der Waals surface area contributed by atoms with Gasteiger partial charge in [0.15, 0.2) is 0 Å². The Balaban J connectivity index is 1.67. The Morgan fingerprint density at radius 3 is 2.70 bits per heavy atom. The first-order valence-corrected chi connectivity index (χ1v) is 8.40. The van der Waals surface area contributed by atoms with E-state index in [0.29, 0.717) is 0 Å². The average Bonchev–Trinajstić information content (AvgIpc) is 2.61. The third-order valence-corrected chi connectivity index (χ3v) is 4.04. The van der Waals surface area contributed by atoms with E-state index >= 15 is 0 Å². The summed E-state index contributed by atoms with van der Waals surface area (Å²) < 4.78 is 5.69. The largest absolute Gasteiger partial charge is 0.494 e. The normalized spacial score (nSPS) is 13.7. The highest BCUT2D eigenvalue weighted by Crippen LogP contribution is 2.18. The standard InChI is InChI=1S/C21H23NO/c1-2-3-16-23-19-11-8-17(9-12-19)10-13-21-20-7-5-4-6-18(20)14-15-22-21/h4-13H,2-3,14-16H2,1H3/b13-10+. The van der Waals surface area contributed by atoms with Crippen LogP contribution in [0.15, 0.2) is 59.6 Å². The summed E-state index contributed by atoms with van der Waals surface area (Å²) in [4.78, 5) is 4.66. The Bertz CT molecular complexity index is 698. The van der Waals surface area contributed by atoms with Gasteiger partial charge < -0.3 is 4.74 Å². The molecule has 118 valence electrons. The number of hydrogen-bond donors (Lipinski definition) is 0. The SMILES string of the molecule is CCCCOc1ccc(/C=C/C2=NCCc3ccccc32)cc1. The lowest BCUT2D eigenvalue weighted by atomic mass is 9.97. The van der Waals surface area contributed by atoms with Crippen molar-refractivity contribution in [3.05, 3.63) is 71.3 Å². The van der Waals surface area contributed by atoms with E-state index in [0.717, 1.165) is 43.9 Å². The van der Waals surface area contributed by atoms with Gasteiger partial charge in [0.1, 0.15) is 5.75 Å². The number of unbranched alkanes of at least 4 members (excludes halogenated alkanes) is 1. The minimum absolute atomic E-state index is 0.791. The second kappa shape index (κ2) is 7.77. The minimum Gasteiger partial charge on any atom is -0.494 e. The average molecular weight is 305 g/mol. The summed E-state index contributed by atoms with van der Waals surface area (Å²) in [6.07, 6.45) is 7.53. The van der Waals surface area contributed by atoms with E-state index in [-0.39, 0.29) is 0 Å². The van der Waals surface area contributed by atoms with Gasteiger partial charge in [0.2, 0.25) is 0 Å². The Kier molecular flexibility index (Phi) is 5.25. The van der Waals surface area contributed by atoms with Gasteiger partial charge >= 0.3 is 0 Å². The molecule has 2 heteroatoms. The molecule has 0 bridgehead atoms. The van der Waals surface area contributed by atoms with Gasteiger partial charge in [-0.15, -0.1) is 0 Å². The molecule has 23 heavy (non-hydrogen) atoms. The molecule has 0 atom stereocenters. The molecule has 0 saturated heterocycles. The van der Waals surface area contributed by atoms with Crippen LogP contribution < -0.4 is 4.74 Å². The third-order valence-electron chi connectivity index (χ3n) is 4.04. The molecule has 3 rings (SSSR count). The van der Waals surface area contributed by atoms with Crippen LogP contribution in [0.25, 0.3) is 6.08 Å². The molecule has 0 fully saturated rings. The van der Waals surface area contributed by atoms with Crippen molar-refractivity contribution in [2.75, 3.05) is 13.2 Å². The van der Waals surface area contributed by atoms with Crippen LogP contribution >= 0.6 is 0 Å². The molecule has 2 nitrogen and oxygen atoms in total. The lowest BCUT2D eigenvalue weighted by molar-refractivity contribution is 0.309. The summed E-state index contributed by atoms with van der Waals surface area (Å²) in [6, 6.07) is 16.8. The molecule has 1 aliphatic heterocycles. The number of hydrogen-bond acceptors (Lipinski definition) is 2. The van der Waals surface area contributed by atoms with E-state index in [2.05, 4.69) is 60.5 Å². The van der Waals surface area contributed by atoms with Crippen LogP contribution in [-0.4, -0.2) is 18.9 Å². The van der Waals surface area contributed by atoms with Crippen molar-refractivity contribution in [3.8, 4) is 5.75 Å². The molecule has 2 aromatic rings. The molecule has 1 aliphatic rings. The van der Waals surface area contributed by atoms with Gasteiger partial charge in [-0.05, 0) is 42.2 Å². The maximum atomic E-state index is 5.69. The quantitative estimate of drug-likeness (QED) is 0.694. The predicted molar refractivity (Wildman–Crippen MR) is 97.4 cm³/mol. The summed E-state index contributed by atoms with van der Waals surface area (Å²) in [5.74, 6) is 0.941. The van der Waals surface area contributed by atoms with Crippen LogP contribution in [0, 0.1) is 0 Å². The highest BCUT2D eigenvalue weighted by atomic mass is 16.5. The van der Waals surface area contributed by atoms with Crippen LogP contribution in [0.5, 0.6) is 5.75 Å². The fourth-order valence-electron chi connectivity index (χ4n) is 2.70. The molecule has 0 aromatic heterocycles.